The van der Waals surface area contributed by atoms with Crippen LogP contribution in [0.2, 0.25) is 0 Å². The van der Waals surface area contributed by atoms with Crippen LogP contribution in [0.4, 0.5) is 5.69 Å². The number of likely N-dealkylation sites (N-methyl/N-ethyl adjacent to an activating group) is 1. The Hall–Kier alpha value is -3.10. The maximum atomic E-state index is 13.2. The molecule has 0 fully saturated rings. The van der Waals surface area contributed by atoms with Crippen molar-refractivity contribution in [2.24, 2.45) is 0 Å². The number of anilines is 1. The maximum absolute atomic E-state index is 13.2. The van der Waals surface area contributed by atoms with E-state index in [-0.39, 0.29) is 23.7 Å². The van der Waals surface area contributed by atoms with Gasteiger partial charge in [0, 0.05) is 31.4 Å². The molecular weight excluding hydrogens is 430 g/mol. The van der Waals surface area contributed by atoms with E-state index in [0.717, 1.165) is 31.0 Å². The standard InChI is InChI=1S/C23H27N5O3.ClH/c1-3-27(4-2)13-14-31-19-10-11-24-15-16(19)25-23(30)21-18(29)9-8-17-22(21)26-20-7-5-6-12-28(17)20;/h5-7,10-12,15,29H,3-4,8-9,13-14H2,1-2H3,(H,25,30);1H. The van der Waals surface area contributed by atoms with Crippen LogP contribution in [0.5, 0.6) is 5.75 Å². The minimum atomic E-state index is -0.427. The number of amides is 1. The summed E-state index contributed by atoms with van der Waals surface area (Å²) in [6.07, 6.45) is 6.10. The Bertz CT molecular complexity index is 1120. The first-order valence-corrected chi connectivity index (χ1v) is 10.6. The molecule has 1 aliphatic carbocycles. The summed E-state index contributed by atoms with van der Waals surface area (Å²) in [5, 5.41) is 13.4. The molecule has 1 amide bonds. The lowest BCUT2D eigenvalue weighted by Crippen LogP contribution is -2.28. The summed E-state index contributed by atoms with van der Waals surface area (Å²) in [5.74, 6) is 0.159. The number of hydrogen-bond donors (Lipinski definition) is 2. The summed E-state index contributed by atoms with van der Waals surface area (Å²) in [6, 6.07) is 7.43. The van der Waals surface area contributed by atoms with Gasteiger partial charge in [-0.05, 0) is 31.6 Å². The van der Waals surface area contributed by atoms with Crippen LogP contribution >= 0.6 is 12.4 Å². The first-order chi connectivity index (χ1) is 15.1. The van der Waals surface area contributed by atoms with Crippen LogP contribution in [0.15, 0.2) is 48.6 Å². The molecule has 0 saturated carbocycles. The van der Waals surface area contributed by atoms with Gasteiger partial charge in [-0.2, -0.15) is 0 Å². The summed E-state index contributed by atoms with van der Waals surface area (Å²) in [7, 11) is 0. The molecule has 0 bridgehead atoms. The van der Waals surface area contributed by atoms with Gasteiger partial charge in [0.25, 0.3) is 5.91 Å². The summed E-state index contributed by atoms with van der Waals surface area (Å²) < 4.78 is 7.87. The fourth-order valence-electron chi connectivity index (χ4n) is 3.83. The minimum Gasteiger partial charge on any atom is -0.511 e. The molecule has 0 atom stereocenters. The first kappa shape index (κ1) is 23.6. The summed E-state index contributed by atoms with van der Waals surface area (Å²) >= 11 is 0. The van der Waals surface area contributed by atoms with E-state index in [1.165, 1.54) is 0 Å². The third-order valence-electron chi connectivity index (χ3n) is 5.57. The van der Waals surface area contributed by atoms with E-state index in [9.17, 15) is 9.90 Å². The molecule has 3 aromatic rings. The van der Waals surface area contributed by atoms with Crippen LogP contribution in [0, 0.1) is 0 Å². The van der Waals surface area contributed by atoms with Crippen LogP contribution < -0.4 is 10.1 Å². The minimum absolute atomic E-state index is 0. The molecule has 3 aromatic heterocycles. The third-order valence-corrected chi connectivity index (χ3v) is 5.57. The fraction of sp³-hybridized carbons (Fsp3) is 0.348. The second-order valence-corrected chi connectivity index (χ2v) is 7.36. The predicted molar refractivity (Wildman–Crippen MR) is 126 cm³/mol. The second kappa shape index (κ2) is 10.5. The smallest absolute Gasteiger partial charge is 0.261 e. The van der Waals surface area contributed by atoms with Crippen LogP contribution in [0.25, 0.3) is 11.2 Å². The van der Waals surface area contributed by atoms with E-state index < -0.39 is 5.91 Å². The molecule has 2 N–H and O–H groups in total. The largest absolute Gasteiger partial charge is 0.511 e. The highest BCUT2D eigenvalue weighted by molar-refractivity contribution is 6.26. The molecule has 0 aromatic carbocycles. The fourth-order valence-corrected chi connectivity index (χ4v) is 3.83. The topological polar surface area (TPSA) is 92.0 Å². The van der Waals surface area contributed by atoms with Crippen molar-refractivity contribution in [1.82, 2.24) is 19.3 Å². The van der Waals surface area contributed by atoms with Gasteiger partial charge < -0.3 is 24.5 Å². The first-order valence-electron chi connectivity index (χ1n) is 10.6. The summed E-state index contributed by atoms with van der Waals surface area (Å²) in [4.78, 5) is 24.1. The number of aliphatic hydroxyl groups excluding tert-OH is 1. The number of allylic oxidation sites excluding steroid dienone is 1. The molecule has 4 rings (SSSR count). The number of hydrogen-bond acceptors (Lipinski definition) is 6. The van der Waals surface area contributed by atoms with Crippen LogP contribution in [-0.2, 0) is 11.2 Å². The molecule has 0 unspecified atom stereocenters. The average molecular weight is 458 g/mol. The molecule has 0 saturated heterocycles. The van der Waals surface area contributed by atoms with E-state index in [4.69, 9.17) is 4.74 Å². The zero-order valence-corrected chi connectivity index (χ0v) is 19.1. The van der Waals surface area contributed by atoms with Gasteiger partial charge >= 0.3 is 0 Å². The lowest BCUT2D eigenvalue weighted by atomic mass is 9.97. The number of halogens is 1. The SMILES string of the molecule is CCN(CC)CCOc1ccncc1NC(=O)C1=C(O)CCc2c1nc1ccccn21.Cl. The van der Waals surface area contributed by atoms with Gasteiger partial charge in [-0.15, -0.1) is 12.4 Å². The number of pyridine rings is 2. The van der Waals surface area contributed by atoms with Crippen molar-refractivity contribution in [1.29, 1.82) is 0 Å². The lowest BCUT2D eigenvalue weighted by Gasteiger charge is -2.19. The highest BCUT2D eigenvalue weighted by atomic mass is 35.5. The van der Waals surface area contributed by atoms with Gasteiger partial charge in [0.1, 0.15) is 40.7 Å². The number of aliphatic hydroxyl groups is 1. The normalized spacial score (nSPS) is 13.1. The Balaban J connectivity index is 0.00000289. The molecule has 8 nitrogen and oxygen atoms in total. The van der Waals surface area contributed by atoms with Gasteiger partial charge in [-0.25, -0.2) is 4.98 Å². The third kappa shape index (κ3) is 4.71. The van der Waals surface area contributed by atoms with Crippen LogP contribution in [0.3, 0.4) is 0 Å². The molecule has 1 aliphatic rings. The molecule has 0 spiro atoms. The number of fused-ring (bicyclic) bond motifs is 3. The number of nitrogens with zero attached hydrogens (tertiary/aromatic N) is 4. The molecule has 32 heavy (non-hydrogen) atoms. The Morgan fingerprint density at radius 1 is 1.25 bits per heavy atom. The van der Waals surface area contributed by atoms with Crippen LogP contribution in [0.1, 0.15) is 31.7 Å². The van der Waals surface area contributed by atoms with Gasteiger partial charge in [-0.3, -0.25) is 9.78 Å². The van der Waals surface area contributed by atoms with Crippen molar-refractivity contribution in [3.8, 4) is 5.75 Å². The predicted octanol–water partition coefficient (Wildman–Crippen LogP) is 3.73. The van der Waals surface area contributed by atoms with E-state index in [1.54, 1.807) is 18.5 Å². The molecular formula is C23H28ClN5O3. The zero-order chi connectivity index (χ0) is 21.8. The van der Waals surface area contributed by atoms with E-state index in [1.807, 2.05) is 28.8 Å². The number of aryl methyl sites for hydroxylation is 1. The van der Waals surface area contributed by atoms with Gasteiger partial charge in [0.15, 0.2) is 0 Å². The second-order valence-electron chi connectivity index (χ2n) is 7.36. The van der Waals surface area contributed by atoms with Crippen molar-refractivity contribution in [2.45, 2.75) is 26.7 Å². The molecule has 0 aliphatic heterocycles. The molecule has 9 heteroatoms. The molecule has 0 radical (unpaired) electrons. The highest BCUT2D eigenvalue weighted by Crippen LogP contribution is 2.32. The number of rotatable bonds is 8. The molecule has 170 valence electrons. The maximum Gasteiger partial charge on any atom is 0.261 e. The van der Waals surface area contributed by atoms with Crippen molar-refractivity contribution in [3.63, 3.8) is 0 Å². The van der Waals surface area contributed by atoms with Crippen molar-refractivity contribution < 1.29 is 14.6 Å². The number of carbonyl (C=O) groups is 1. The Morgan fingerprint density at radius 3 is 2.84 bits per heavy atom. The Morgan fingerprint density at radius 2 is 2.06 bits per heavy atom. The van der Waals surface area contributed by atoms with E-state index in [0.29, 0.717) is 36.6 Å². The number of imidazole rings is 1. The average Bonchev–Trinajstić information content (AvgIpc) is 3.16. The quantitative estimate of drug-likeness (QED) is 0.535. The lowest BCUT2D eigenvalue weighted by molar-refractivity contribution is -0.111. The zero-order valence-electron chi connectivity index (χ0n) is 18.2. The van der Waals surface area contributed by atoms with Crippen molar-refractivity contribution in [3.05, 3.63) is 60.0 Å². The summed E-state index contributed by atoms with van der Waals surface area (Å²) in [5.41, 5.74) is 2.83. The number of ether oxygens (including phenoxy) is 1. The van der Waals surface area contributed by atoms with Gasteiger partial charge in [0.05, 0.1) is 11.9 Å². The number of aromatic nitrogens is 3. The highest BCUT2D eigenvalue weighted by Gasteiger charge is 2.29. The molecule has 3 heterocycles. The summed E-state index contributed by atoms with van der Waals surface area (Å²) in [6.45, 7) is 7.42. The van der Waals surface area contributed by atoms with Gasteiger partial charge in [-0.1, -0.05) is 19.9 Å². The Kier molecular flexibility index (Phi) is 7.71. The van der Waals surface area contributed by atoms with E-state index >= 15 is 0 Å². The number of nitrogens with one attached hydrogen (secondary N) is 1. The van der Waals surface area contributed by atoms with E-state index in [2.05, 4.69) is 34.0 Å². The van der Waals surface area contributed by atoms with Crippen LogP contribution in [-0.4, -0.2) is 56.5 Å². The van der Waals surface area contributed by atoms with Gasteiger partial charge in [0.2, 0.25) is 0 Å². The van der Waals surface area contributed by atoms with Crippen molar-refractivity contribution >= 4 is 35.2 Å². The van der Waals surface area contributed by atoms with Crippen molar-refractivity contribution in [2.75, 3.05) is 31.6 Å². The Labute approximate surface area is 193 Å². The number of carbonyl (C=O) groups excluding carboxylic acids is 1. The monoisotopic (exact) mass is 457 g/mol.